The van der Waals surface area contributed by atoms with Crippen molar-refractivity contribution in [3.05, 3.63) is 77.2 Å². The lowest BCUT2D eigenvalue weighted by atomic mass is 10.2. The van der Waals surface area contributed by atoms with Gasteiger partial charge in [-0.1, -0.05) is 23.4 Å². The Morgan fingerprint density at radius 2 is 1.71 bits per heavy atom. The molecule has 0 fully saturated rings. The van der Waals surface area contributed by atoms with Gasteiger partial charge >= 0.3 is 0 Å². The summed E-state index contributed by atoms with van der Waals surface area (Å²) in [5.41, 5.74) is 2.36. The Morgan fingerprint density at radius 1 is 1.00 bits per heavy atom. The number of hydrogen-bond donors (Lipinski definition) is 1. The van der Waals surface area contributed by atoms with Gasteiger partial charge in [0.2, 0.25) is 0 Å². The molecule has 1 heterocycles. The quantitative estimate of drug-likeness (QED) is 0.567. The Balaban J connectivity index is 1.39. The van der Waals surface area contributed by atoms with Crippen LogP contribution in [0.3, 0.4) is 0 Å². The average Bonchev–Trinajstić information content (AvgIpc) is 3.04. The van der Waals surface area contributed by atoms with Crippen LogP contribution in [0.25, 0.3) is 0 Å². The summed E-state index contributed by atoms with van der Waals surface area (Å²) in [6.45, 7) is 5.23. The van der Waals surface area contributed by atoms with E-state index in [-0.39, 0.29) is 5.91 Å². The van der Waals surface area contributed by atoms with Crippen LogP contribution < -0.4 is 14.8 Å². The van der Waals surface area contributed by atoms with Crippen LogP contribution in [0.2, 0.25) is 0 Å². The van der Waals surface area contributed by atoms with Gasteiger partial charge in [-0.15, -0.1) is 0 Å². The van der Waals surface area contributed by atoms with Crippen molar-refractivity contribution in [1.29, 1.82) is 0 Å². The zero-order valence-corrected chi connectivity index (χ0v) is 16.1. The predicted octanol–water partition coefficient (Wildman–Crippen LogP) is 4.07. The second-order valence-corrected chi connectivity index (χ2v) is 6.39. The highest BCUT2D eigenvalue weighted by Gasteiger charge is 2.10. The smallest absolute Gasteiger partial charge is 0.251 e. The number of ether oxygens (including phenoxy) is 2. The highest BCUT2D eigenvalue weighted by atomic mass is 16.5. The maximum atomic E-state index is 12.2. The molecule has 1 N–H and O–H groups in total. The predicted molar refractivity (Wildman–Crippen MR) is 106 cm³/mol. The summed E-state index contributed by atoms with van der Waals surface area (Å²) < 4.78 is 16.5. The van der Waals surface area contributed by atoms with Gasteiger partial charge in [-0.05, 0) is 56.7 Å². The highest BCUT2D eigenvalue weighted by molar-refractivity contribution is 5.94. The summed E-state index contributed by atoms with van der Waals surface area (Å²) in [5.74, 6) is 2.16. The lowest BCUT2D eigenvalue weighted by Crippen LogP contribution is -2.25. The number of rotatable bonds is 9. The van der Waals surface area contributed by atoms with Crippen molar-refractivity contribution < 1.29 is 18.8 Å². The van der Waals surface area contributed by atoms with Crippen molar-refractivity contribution in [2.24, 2.45) is 0 Å². The highest BCUT2D eigenvalue weighted by Crippen LogP contribution is 2.18. The van der Waals surface area contributed by atoms with E-state index >= 15 is 0 Å². The number of aryl methyl sites for hydroxylation is 2. The molecule has 0 spiro atoms. The number of carbonyl (C=O) groups is 1. The van der Waals surface area contributed by atoms with Crippen LogP contribution in [0.5, 0.6) is 11.5 Å². The first-order chi connectivity index (χ1) is 13.6. The molecule has 0 unspecified atom stereocenters. The van der Waals surface area contributed by atoms with Gasteiger partial charge in [0.05, 0.1) is 17.9 Å². The number of benzene rings is 2. The first-order valence-corrected chi connectivity index (χ1v) is 9.24. The van der Waals surface area contributed by atoms with Gasteiger partial charge in [-0.25, -0.2) is 0 Å². The van der Waals surface area contributed by atoms with E-state index in [1.165, 1.54) is 0 Å². The van der Waals surface area contributed by atoms with Gasteiger partial charge in [-0.2, -0.15) is 0 Å². The molecule has 6 heteroatoms. The van der Waals surface area contributed by atoms with Crippen LogP contribution in [0, 0.1) is 13.8 Å². The van der Waals surface area contributed by atoms with Crippen LogP contribution in [0.15, 0.2) is 59.1 Å². The Morgan fingerprint density at radius 3 is 2.39 bits per heavy atom. The summed E-state index contributed by atoms with van der Waals surface area (Å²) in [6, 6.07) is 16.7. The molecule has 6 nitrogen and oxygen atoms in total. The maximum absolute atomic E-state index is 12.2. The molecule has 146 valence electrons. The molecule has 0 saturated carbocycles. The fourth-order valence-corrected chi connectivity index (χ4v) is 2.65. The molecule has 0 bridgehead atoms. The monoisotopic (exact) mass is 380 g/mol. The Kier molecular flexibility index (Phi) is 6.68. The van der Waals surface area contributed by atoms with Crippen LogP contribution >= 0.6 is 0 Å². The summed E-state index contributed by atoms with van der Waals surface area (Å²) in [7, 11) is 0. The minimum absolute atomic E-state index is 0.114. The summed E-state index contributed by atoms with van der Waals surface area (Å²) in [6.07, 6.45) is 0.735. The van der Waals surface area contributed by atoms with Crippen LogP contribution in [-0.2, 0) is 6.61 Å². The van der Waals surface area contributed by atoms with Crippen molar-refractivity contribution in [3.63, 3.8) is 0 Å². The van der Waals surface area contributed by atoms with Gasteiger partial charge in [-0.3, -0.25) is 4.79 Å². The zero-order chi connectivity index (χ0) is 19.8. The van der Waals surface area contributed by atoms with Crippen molar-refractivity contribution in [1.82, 2.24) is 10.5 Å². The third-order valence-electron chi connectivity index (χ3n) is 4.30. The SMILES string of the molecule is Cc1noc(C)c1COc1ccc(C(=O)NCCCOc2ccccc2)cc1. The number of amides is 1. The maximum Gasteiger partial charge on any atom is 0.251 e. The van der Waals surface area contributed by atoms with E-state index in [4.69, 9.17) is 14.0 Å². The largest absolute Gasteiger partial charge is 0.494 e. The van der Waals surface area contributed by atoms with Crippen LogP contribution in [0.4, 0.5) is 0 Å². The first-order valence-electron chi connectivity index (χ1n) is 9.24. The molecular weight excluding hydrogens is 356 g/mol. The number of hydrogen-bond acceptors (Lipinski definition) is 5. The minimum atomic E-state index is -0.114. The lowest BCUT2D eigenvalue weighted by molar-refractivity contribution is 0.0951. The third kappa shape index (κ3) is 5.36. The van der Waals surface area contributed by atoms with Crippen molar-refractivity contribution >= 4 is 5.91 Å². The topological polar surface area (TPSA) is 73.6 Å². The zero-order valence-electron chi connectivity index (χ0n) is 16.1. The van der Waals surface area contributed by atoms with Crippen molar-refractivity contribution in [2.45, 2.75) is 26.9 Å². The molecule has 3 aromatic rings. The number of para-hydroxylation sites is 1. The molecule has 0 aliphatic rings. The second-order valence-electron chi connectivity index (χ2n) is 6.39. The first kappa shape index (κ1) is 19.5. The molecule has 1 amide bonds. The van der Waals surface area contributed by atoms with E-state index in [0.717, 1.165) is 29.2 Å². The van der Waals surface area contributed by atoms with Crippen molar-refractivity contribution in [3.8, 4) is 11.5 Å². The molecule has 0 aliphatic heterocycles. The molecule has 1 aromatic heterocycles. The van der Waals surface area contributed by atoms with Gasteiger partial charge in [0, 0.05) is 12.1 Å². The molecule has 0 atom stereocenters. The number of nitrogens with zero attached hydrogens (tertiary/aromatic N) is 1. The van der Waals surface area contributed by atoms with E-state index < -0.39 is 0 Å². The molecule has 0 aliphatic carbocycles. The third-order valence-corrected chi connectivity index (χ3v) is 4.30. The van der Waals surface area contributed by atoms with E-state index in [0.29, 0.717) is 31.1 Å². The lowest BCUT2D eigenvalue weighted by Gasteiger charge is -2.09. The van der Waals surface area contributed by atoms with E-state index in [2.05, 4.69) is 10.5 Å². The molecule has 0 radical (unpaired) electrons. The Labute approximate surface area is 164 Å². The Bertz CT molecular complexity index is 869. The molecule has 3 rings (SSSR count). The minimum Gasteiger partial charge on any atom is -0.494 e. The second kappa shape index (κ2) is 9.60. The van der Waals surface area contributed by atoms with Crippen molar-refractivity contribution in [2.75, 3.05) is 13.2 Å². The van der Waals surface area contributed by atoms with E-state index in [9.17, 15) is 4.79 Å². The number of carbonyl (C=O) groups excluding carboxylic acids is 1. The summed E-state index contributed by atoms with van der Waals surface area (Å²) in [4.78, 5) is 12.2. The Hall–Kier alpha value is -3.28. The van der Waals surface area contributed by atoms with Gasteiger partial charge in [0.25, 0.3) is 5.91 Å². The normalized spacial score (nSPS) is 10.5. The fourth-order valence-electron chi connectivity index (χ4n) is 2.65. The summed E-state index contributed by atoms with van der Waals surface area (Å²) >= 11 is 0. The van der Waals surface area contributed by atoms with Gasteiger partial charge in [0.1, 0.15) is 23.9 Å². The summed E-state index contributed by atoms with van der Waals surface area (Å²) in [5, 5.41) is 6.80. The van der Waals surface area contributed by atoms with Gasteiger partial charge in [0.15, 0.2) is 0 Å². The fraction of sp³-hybridized carbons (Fsp3) is 0.273. The molecule has 0 saturated heterocycles. The molecule has 2 aromatic carbocycles. The average molecular weight is 380 g/mol. The standard InChI is InChI=1S/C22H24N2O4/c1-16-21(17(2)28-24-16)15-27-20-11-9-18(10-12-20)22(25)23-13-6-14-26-19-7-4-3-5-8-19/h3-5,7-12H,6,13-15H2,1-2H3,(H,23,25). The van der Waals surface area contributed by atoms with E-state index in [1.807, 2.05) is 44.2 Å². The van der Waals surface area contributed by atoms with Gasteiger partial charge < -0.3 is 19.3 Å². The van der Waals surface area contributed by atoms with Crippen LogP contribution in [0.1, 0.15) is 33.8 Å². The van der Waals surface area contributed by atoms with Crippen LogP contribution in [-0.4, -0.2) is 24.2 Å². The number of nitrogens with one attached hydrogen (secondary N) is 1. The molecular formula is C22H24N2O4. The number of aromatic nitrogens is 1. The van der Waals surface area contributed by atoms with E-state index in [1.54, 1.807) is 24.3 Å². The molecule has 28 heavy (non-hydrogen) atoms.